The molecule has 7 atom stereocenters. The van der Waals surface area contributed by atoms with Gasteiger partial charge in [0.05, 0.1) is 29.8 Å². The molecule has 6 amide bonds. The summed E-state index contributed by atoms with van der Waals surface area (Å²) in [6, 6.07) is 16.4. The van der Waals surface area contributed by atoms with Crippen LogP contribution in [0.2, 0.25) is 0 Å². The molecule has 23 heteroatoms. The lowest BCUT2D eigenvalue weighted by Gasteiger charge is -2.39. The quantitative estimate of drug-likeness (QED) is 0.0227. The van der Waals surface area contributed by atoms with Gasteiger partial charge in [-0.15, -0.1) is 0 Å². The van der Waals surface area contributed by atoms with Gasteiger partial charge in [0.25, 0.3) is 11.4 Å². The fourth-order valence-corrected chi connectivity index (χ4v) is 11.1. The van der Waals surface area contributed by atoms with Gasteiger partial charge in [-0.25, -0.2) is 4.79 Å². The van der Waals surface area contributed by atoms with E-state index in [1.807, 2.05) is 55.5 Å². The molecule has 0 aliphatic carbocycles. The number of fused-ring (bicyclic) bond motifs is 3. The lowest BCUT2D eigenvalue weighted by Crippen LogP contribution is -2.61. The zero-order chi connectivity index (χ0) is 54.4. The summed E-state index contributed by atoms with van der Waals surface area (Å²) in [6.45, 7) is 2.13. The molecule has 3 fully saturated rings. The summed E-state index contributed by atoms with van der Waals surface area (Å²) < 4.78 is 20.8. The van der Waals surface area contributed by atoms with Gasteiger partial charge in [0.2, 0.25) is 29.5 Å². The van der Waals surface area contributed by atoms with Crippen LogP contribution in [0.15, 0.2) is 77.6 Å². The number of carbonyl (C=O) groups excluding carboxylic acids is 7. The molecule has 2 unspecified atom stereocenters. The number of aromatic amines is 1. The Labute approximate surface area is 437 Å². The van der Waals surface area contributed by atoms with E-state index in [1.54, 1.807) is 11.9 Å². The lowest BCUT2D eigenvalue weighted by molar-refractivity contribution is -0.145. The number of carbonyl (C=O) groups is 7. The molecule has 76 heavy (non-hydrogen) atoms. The van der Waals surface area contributed by atoms with E-state index >= 15 is 0 Å². The van der Waals surface area contributed by atoms with Crippen molar-refractivity contribution in [1.29, 1.82) is 0 Å². The molecule has 3 aromatic carbocycles. The molecule has 8 rings (SSSR count). The molecule has 0 saturated carbocycles. The number of amides is 6. The maximum absolute atomic E-state index is 14.9. The smallest absolute Gasteiger partial charge is 0.379 e. The molecule has 0 radical (unpaired) electrons. The number of nitrogens with zero attached hydrogens (tertiary/aromatic N) is 4. The number of piperidine rings is 1. The van der Waals surface area contributed by atoms with E-state index in [0.29, 0.717) is 54.0 Å². The standard InChI is InChI=1S/C53H66N9O13P/c1-31(75-30-33-11-7-5-8-12-33)37(18-22-45(54)63)56-49(67)42-20-16-36-24-25-60(29-40(51(69)61(36)42)57-48(66)39-28-35-27-34(15-17-38(35)55-39)52(70)76(72,73)74)47(65)13-9-4-3-6-10-32-14-19-41-44(26-32)59(2)53(71)62(41)43-21-23-46(64)58-50(43)68/h5,7-8,11-12,14-15,17,19,26-28,31,36-37,40,42-43,45,55,63H,3-4,6,9-10,13,16,18,20-25,29-30,54H2,1-2H3,(H,56,67)(H,57,66)(H,58,64,68)(H2,72,73,74)/t31-,36-,37+,40+,42+,43?,45?/m1/s1. The highest BCUT2D eigenvalue weighted by Crippen LogP contribution is 2.39. The fourth-order valence-electron chi connectivity index (χ4n) is 10.6. The molecular formula is C53H66N9O13P. The SMILES string of the molecule is C[C@@H](OCc1ccccc1)[C@H](CCC(N)O)NC(=O)[C@@H]1CC[C@@H]2CCN(C(=O)CCCCCCc3ccc4c(c3)n(C)c(=O)n4C3CCC(=O)NC3=O)C[C@H](NC(=O)c3cc4cc(C(=O)P(=O)(O)O)ccc4[nH]3)C(=O)N21. The summed E-state index contributed by atoms with van der Waals surface area (Å²) >= 11 is 0. The number of aryl methyl sites for hydroxylation is 2. The lowest BCUT2D eigenvalue weighted by atomic mass is 10.0. The molecule has 3 aliphatic rings. The number of imide groups is 1. The number of hydrogen-bond donors (Lipinski definition) is 8. The van der Waals surface area contributed by atoms with Gasteiger partial charge < -0.3 is 50.8 Å². The van der Waals surface area contributed by atoms with E-state index in [4.69, 9.17) is 10.5 Å². The number of nitrogens with two attached hydrogens (primary N) is 1. The van der Waals surface area contributed by atoms with Gasteiger partial charge >= 0.3 is 13.3 Å². The van der Waals surface area contributed by atoms with E-state index in [1.165, 1.54) is 38.3 Å². The zero-order valence-electron chi connectivity index (χ0n) is 42.5. The van der Waals surface area contributed by atoms with Crippen molar-refractivity contribution in [2.24, 2.45) is 12.8 Å². The number of H-pyrrole nitrogens is 1. The minimum Gasteiger partial charge on any atom is -0.379 e. The van der Waals surface area contributed by atoms with Crippen molar-refractivity contribution < 1.29 is 57.8 Å². The first-order valence-corrected chi connectivity index (χ1v) is 27.5. The molecule has 406 valence electrons. The average molecular weight is 1070 g/mol. The number of aromatic nitrogens is 3. The monoisotopic (exact) mass is 1070 g/mol. The number of hydrogen-bond acceptors (Lipinski definition) is 12. The molecular weight excluding hydrogens is 1000 g/mol. The second-order valence-corrected chi connectivity index (χ2v) is 21.7. The van der Waals surface area contributed by atoms with Crippen molar-refractivity contribution in [2.45, 2.75) is 140 Å². The van der Waals surface area contributed by atoms with Gasteiger partial charge in [0.15, 0.2) is 0 Å². The molecule has 0 bridgehead atoms. The Morgan fingerprint density at radius 2 is 1.64 bits per heavy atom. The van der Waals surface area contributed by atoms with Gasteiger partial charge in [-0.1, -0.05) is 49.2 Å². The van der Waals surface area contributed by atoms with Crippen LogP contribution in [0.1, 0.15) is 122 Å². The number of ether oxygens (including phenoxy) is 1. The topological polar surface area (TPSA) is 318 Å². The van der Waals surface area contributed by atoms with Crippen molar-refractivity contribution >= 4 is 70.5 Å². The number of nitrogens with one attached hydrogen (secondary N) is 4. The average Bonchev–Trinajstić information content (AvgIpc) is 4.11. The maximum atomic E-state index is 14.9. The highest BCUT2D eigenvalue weighted by molar-refractivity contribution is 7.70. The van der Waals surface area contributed by atoms with E-state index < -0.39 is 79.3 Å². The van der Waals surface area contributed by atoms with Crippen LogP contribution in [0.4, 0.5) is 0 Å². The number of aliphatic hydroxyl groups excluding tert-OH is 1. The minimum absolute atomic E-state index is 0.0280. The highest BCUT2D eigenvalue weighted by atomic mass is 31.2. The molecule has 3 saturated heterocycles. The summed E-state index contributed by atoms with van der Waals surface area (Å²) in [5.74, 6) is -2.80. The predicted molar refractivity (Wildman–Crippen MR) is 278 cm³/mol. The van der Waals surface area contributed by atoms with Crippen LogP contribution in [0, 0.1) is 0 Å². The Hall–Kier alpha value is -6.81. The second kappa shape index (κ2) is 24.0. The molecule has 5 heterocycles. The third-order valence-electron chi connectivity index (χ3n) is 14.8. The van der Waals surface area contributed by atoms with Crippen LogP contribution < -0.4 is 27.4 Å². The first-order chi connectivity index (χ1) is 36.3. The molecule has 5 aromatic rings. The maximum Gasteiger partial charge on any atom is 0.396 e. The van der Waals surface area contributed by atoms with E-state index in [0.717, 1.165) is 30.4 Å². The molecule has 22 nitrogen and oxygen atoms in total. The van der Waals surface area contributed by atoms with E-state index in [9.17, 15) is 57.8 Å². The number of imidazole rings is 1. The fraction of sp³-hybridized carbons (Fsp3) is 0.472. The van der Waals surface area contributed by atoms with Crippen LogP contribution in [0.25, 0.3) is 21.9 Å². The molecule has 3 aliphatic heterocycles. The Morgan fingerprint density at radius 3 is 2.38 bits per heavy atom. The van der Waals surface area contributed by atoms with Crippen LogP contribution in [-0.4, -0.2) is 129 Å². The van der Waals surface area contributed by atoms with E-state index in [2.05, 4.69) is 20.9 Å². The van der Waals surface area contributed by atoms with Crippen LogP contribution in [-0.2, 0) is 53.3 Å². The Kier molecular flexibility index (Phi) is 17.5. The largest absolute Gasteiger partial charge is 0.396 e. The highest BCUT2D eigenvalue weighted by Gasteiger charge is 2.46. The van der Waals surface area contributed by atoms with E-state index in [-0.39, 0.29) is 80.6 Å². The van der Waals surface area contributed by atoms with Gasteiger partial charge in [-0.3, -0.25) is 52.6 Å². The summed E-state index contributed by atoms with van der Waals surface area (Å²) in [4.78, 5) is 132. The number of unbranched alkanes of at least 4 members (excludes halogenated alkanes) is 3. The van der Waals surface area contributed by atoms with Gasteiger partial charge in [0, 0.05) is 55.5 Å². The number of rotatable bonds is 21. The van der Waals surface area contributed by atoms with Crippen LogP contribution in [0.3, 0.4) is 0 Å². The minimum atomic E-state index is -5.10. The Morgan fingerprint density at radius 1 is 0.882 bits per heavy atom. The summed E-state index contributed by atoms with van der Waals surface area (Å²) in [5.41, 5.74) is 7.29. The first kappa shape index (κ1) is 55.4. The van der Waals surface area contributed by atoms with Crippen molar-refractivity contribution in [3.63, 3.8) is 0 Å². The third kappa shape index (κ3) is 12.9. The van der Waals surface area contributed by atoms with Gasteiger partial charge in [-0.05, 0) is 112 Å². The summed E-state index contributed by atoms with van der Waals surface area (Å²) in [7, 11) is -3.45. The number of benzene rings is 3. The number of aliphatic hydroxyl groups is 1. The van der Waals surface area contributed by atoms with Crippen molar-refractivity contribution in [2.75, 3.05) is 13.1 Å². The zero-order valence-corrected chi connectivity index (χ0v) is 43.4. The first-order valence-electron chi connectivity index (χ1n) is 25.8. The predicted octanol–water partition coefficient (Wildman–Crippen LogP) is 3.15. The normalized spacial score (nSPS) is 20.4. The third-order valence-corrected chi connectivity index (χ3v) is 15.6. The van der Waals surface area contributed by atoms with Crippen LogP contribution >= 0.6 is 7.60 Å². The second-order valence-electron chi connectivity index (χ2n) is 20.2. The molecule has 9 N–H and O–H groups in total. The van der Waals surface area contributed by atoms with Crippen LogP contribution in [0.5, 0.6) is 0 Å². The van der Waals surface area contributed by atoms with Crippen molar-refractivity contribution in [1.82, 2.24) is 39.9 Å². The van der Waals surface area contributed by atoms with Gasteiger partial charge in [-0.2, -0.15) is 0 Å². The van der Waals surface area contributed by atoms with Gasteiger partial charge in [0.1, 0.15) is 30.0 Å². The summed E-state index contributed by atoms with van der Waals surface area (Å²) in [6.07, 6.45) is 4.08. The van der Waals surface area contributed by atoms with Crippen molar-refractivity contribution in [3.05, 3.63) is 106 Å². The van der Waals surface area contributed by atoms with Crippen molar-refractivity contribution in [3.8, 4) is 0 Å². The summed E-state index contributed by atoms with van der Waals surface area (Å²) in [5, 5.41) is 18.5. The molecule has 0 spiro atoms. The Balaban J connectivity index is 0.934. The Bertz CT molecular complexity index is 3110. The molecule has 2 aromatic heterocycles.